The second-order valence-corrected chi connectivity index (χ2v) is 11.3. The van der Waals surface area contributed by atoms with E-state index in [0.717, 1.165) is 36.7 Å². The van der Waals surface area contributed by atoms with Gasteiger partial charge in [0.05, 0.1) is 42.4 Å². The first-order valence-electron chi connectivity index (χ1n) is 12.2. The Morgan fingerprint density at radius 3 is 2.60 bits per heavy atom. The molecule has 2 heterocycles. The molecule has 0 amide bonds. The van der Waals surface area contributed by atoms with Crippen LogP contribution in [0.3, 0.4) is 0 Å². The first-order valence-corrected chi connectivity index (χ1v) is 13.6. The van der Waals surface area contributed by atoms with Gasteiger partial charge in [0.25, 0.3) is 0 Å². The van der Waals surface area contributed by atoms with Gasteiger partial charge >= 0.3 is 0 Å². The zero-order chi connectivity index (χ0) is 24.8. The van der Waals surface area contributed by atoms with E-state index < -0.39 is 16.7 Å². The molecule has 35 heavy (non-hydrogen) atoms. The molecule has 0 bridgehead atoms. The summed E-state index contributed by atoms with van der Waals surface area (Å²) in [7, 11) is -2.09. The lowest BCUT2D eigenvalue weighted by Crippen LogP contribution is -2.26. The summed E-state index contributed by atoms with van der Waals surface area (Å²) < 4.78 is 47.1. The van der Waals surface area contributed by atoms with Gasteiger partial charge in [0, 0.05) is 31.6 Å². The number of allylic oxidation sites excluding steroid dienone is 4. The molecule has 1 atom stereocenters. The number of hydrogen-bond acceptors (Lipinski definition) is 6. The van der Waals surface area contributed by atoms with Crippen molar-refractivity contribution < 1.29 is 17.5 Å². The molecule has 0 radical (unpaired) electrons. The first kappa shape index (κ1) is 25.5. The van der Waals surface area contributed by atoms with Crippen LogP contribution in [-0.2, 0) is 27.8 Å². The Morgan fingerprint density at radius 1 is 1.17 bits per heavy atom. The zero-order valence-corrected chi connectivity index (χ0v) is 21.3. The number of aromatic nitrogens is 3. The van der Waals surface area contributed by atoms with Crippen molar-refractivity contribution in [3.05, 3.63) is 59.6 Å². The van der Waals surface area contributed by atoms with Gasteiger partial charge in [0.2, 0.25) is 10.0 Å². The Bertz CT molecular complexity index is 1150. The molecule has 1 unspecified atom stereocenters. The number of nitrogens with zero attached hydrogens (tertiary/aromatic N) is 5. The fourth-order valence-electron chi connectivity index (χ4n) is 4.40. The largest absolute Gasteiger partial charge is 0.498 e. The fraction of sp³-hybridized carbons (Fsp3) is 0.520. The number of halogens is 1. The van der Waals surface area contributed by atoms with E-state index in [0.29, 0.717) is 25.1 Å². The summed E-state index contributed by atoms with van der Waals surface area (Å²) in [6, 6.07) is 7.16. The second-order valence-electron chi connectivity index (χ2n) is 9.27. The highest BCUT2D eigenvalue weighted by Gasteiger charge is 2.23. The average Bonchev–Trinajstić information content (AvgIpc) is 3.53. The van der Waals surface area contributed by atoms with Gasteiger partial charge in [-0.2, -0.15) is 4.31 Å². The van der Waals surface area contributed by atoms with Crippen LogP contribution in [0.25, 0.3) is 5.70 Å². The average molecular weight is 504 g/mol. The van der Waals surface area contributed by atoms with Crippen LogP contribution in [0.1, 0.15) is 43.9 Å². The maximum Gasteiger partial charge on any atom is 0.243 e. The van der Waals surface area contributed by atoms with E-state index in [1.54, 1.807) is 30.1 Å². The second kappa shape index (κ2) is 11.5. The number of likely N-dealkylation sites (tertiary alicyclic amines) is 1. The van der Waals surface area contributed by atoms with Gasteiger partial charge in [0.1, 0.15) is 0 Å². The van der Waals surface area contributed by atoms with Crippen LogP contribution in [0.4, 0.5) is 4.39 Å². The van der Waals surface area contributed by atoms with Crippen molar-refractivity contribution in [2.45, 2.75) is 50.6 Å². The Balaban J connectivity index is 1.38. The maximum absolute atomic E-state index is 13.1. The van der Waals surface area contributed by atoms with Crippen LogP contribution in [0.15, 0.2) is 53.3 Å². The molecule has 1 aromatic carbocycles. The number of sulfonamides is 1. The van der Waals surface area contributed by atoms with Gasteiger partial charge in [-0.05, 0) is 62.2 Å². The predicted molar refractivity (Wildman–Crippen MR) is 132 cm³/mol. The molecular weight excluding hydrogens is 469 g/mol. The third-order valence-corrected chi connectivity index (χ3v) is 8.26. The monoisotopic (exact) mass is 503 g/mol. The van der Waals surface area contributed by atoms with Gasteiger partial charge in [-0.15, -0.1) is 5.10 Å². The van der Waals surface area contributed by atoms with Crippen molar-refractivity contribution in [2.75, 3.05) is 33.4 Å². The van der Waals surface area contributed by atoms with E-state index in [4.69, 9.17) is 4.74 Å². The Hall–Kier alpha value is -2.56. The van der Waals surface area contributed by atoms with Crippen LogP contribution >= 0.6 is 0 Å². The number of hydrogen-bond donors (Lipinski definition) is 0. The van der Waals surface area contributed by atoms with E-state index in [-0.39, 0.29) is 17.4 Å². The van der Waals surface area contributed by atoms with Gasteiger partial charge in [-0.25, -0.2) is 13.1 Å². The Morgan fingerprint density at radius 2 is 1.91 bits per heavy atom. The van der Waals surface area contributed by atoms with Crippen LogP contribution < -0.4 is 0 Å². The summed E-state index contributed by atoms with van der Waals surface area (Å²) in [6.07, 6.45) is 9.08. The molecule has 190 valence electrons. The molecule has 1 aromatic heterocycles. The highest BCUT2D eigenvalue weighted by atomic mass is 32.2. The minimum Gasteiger partial charge on any atom is -0.498 e. The lowest BCUT2D eigenvalue weighted by molar-refractivity contribution is 0.170. The molecule has 8 nitrogen and oxygen atoms in total. The summed E-state index contributed by atoms with van der Waals surface area (Å²) >= 11 is 0. The summed E-state index contributed by atoms with van der Waals surface area (Å²) in [5.41, 5.74) is 2.62. The quantitative estimate of drug-likeness (QED) is 0.434. The molecule has 1 fully saturated rings. The zero-order valence-electron chi connectivity index (χ0n) is 20.4. The smallest absolute Gasteiger partial charge is 0.243 e. The molecule has 1 aliphatic carbocycles. The summed E-state index contributed by atoms with van der Waals surface area (Å²) in [5, 5.41) is 8.38. The van der Waals surface area contributed by atoms with Crippen LogP contribution in [0, 0.1) is 5.92 Å². The molecule has 1 saturated heterocycles. The summed E-state index contributed by atoms with van der Waals surface area (Å²) in [6.45, 7) is 5.20. The first-order chi connectivity index (χ1) is 16.9. The lowest BCUT2D eigenvalue weighted by Gasteiger charge is -2.21. The van der Waals surface area contributed by atoms with Gasteiger partial charge < -0.3 is 4.74 Å². The lowest BCUT2D eigenvalue weighted by atomic mass is 9.98. The predicted octanol–water partition coefficient (Wildman–Crippen LogP) is 3.84. The van der Waals surface area contributed by atoms with E-state index in [1.807, 2.05) is 31.2 Å². The summed E-state index contributed by atoms with van der Waals surface area (Å²) in [4.78, 5) is 2.66. The fourth-order valence-corrected chi connectivity index (χ4v) is 5.54. The normalized spacial score (nSPS) is 19.1. The van der Waals surface area contributed by atoms with Crippen molar-refractivity contribution in [2.24, 2.45) is 5.92 Å². The van der Waals surface area contributed by atoms with Crippen LogP contribution in [-0.4, -0.2) is 66.0 Å². The van der Waals surface area contributed by atoms with Gasteiger partial charge in [0.15, 0.2) is 0 Å². The molecule has 4 rings (SSSR count). The number of alkyl halides is 1. The van der Waals surface area contributed by atoms with E-state index in [1.165, 1.54) is 17.1 Å². The van der Waals surface area contributed by atoms with E-state index in [2.05, 4.69) is 15.2 Å². The number of rotatable bonds is 11. The molecule has 10 heteroatoms. The topological polar surface area (TPSA) is 80.6 Å². The molecule has 0 N–H and O–H groups in total. The SMILES string of the molecule is CC1CC(n2cc(CN(C)S(=O)(=O)c3ccc(CN4CCCC4)cc3)nn2)=CC=C1OCCCF. The van der Waals surface area contributed by atoms with Gasteiger partial charge in [-0.3, -0.25) is 9.29 Å². The maximum atomic E-state index is 13.1. The number of ether oxygens (including phenoxy) is 1. The van der Waals surface area contributed by atoms with Crippen molar-refractivity contribution >= 4 is 15.7 Å². The molecule has 2 aliphatic rings. The molecule has 1 aliphatic heterocycles. The van der Waals surface area contributed by atoms with Crippen LogP contribution in [0.2, 0.25) is 0 Å². The minimum atomic E-state index is -3.65. The van der Waals surface area contributed by atoms with E-state index >= 15 is 0 Å². The Kier molecular flexibility index (Phi) is 8.35. The highest BCUT2D eigenvalue weighted by Crippen LogP contribution is 2.28. The molecule has 2 aromatic rings. The number of benzene rings is 1. The Labute approximate surface area is 207 Å². The molecular formula is C25H34FN5O3S. The van der Waals surface area contributed by atoms with Crippen molar-refractivity contribution in [1.82, 2.24) is 24.2 Å². The highest BCUT2D eigenvalue weighted by molar-refractivity contribution is 7.89. The van der Waals surface area contributed by atoms with E-state index in [9.17, 15) is 12.8 Å². The third kappa shape index (κ3) is 6.36. The minimum absolute atomic E-state index is 0.119. The van der Waals surface area contributed by atoms with Crippen LogP contribution in [0.5, 0.6) is 0 Å². The van der Waals surface area contributed by atoms with Crippen molar-refractivity contribution in [1.29, 1.82) is 0 Å². The van der Waals surface area contributed by atoms with Gasteiger partial charge in [-0.1, -0.05) is 24.3 Å². The standard InChI is InChI=1S/C25H34FN5O3S/c1-20-16-23(8-11-25(20)34-15-5-12-26)31-19-22(27-28-31)18-29(2)35(32,33)24-9-6-21(7-10-24)17-30-13-3-4-14-30/h6-11,19-20H,3-5,12-18H2,1-2H3. The van der Waals surface area contributed by atoms with Crippen molar-refractivity contribution in [3.8, 4) is 0 Å². The third-order valence-electron chi connectivity index (χ3n) is 6.44. The molecule has 0 saturated carbocycles. The van der Waals surface area contributed by atoms with Crippen molar-refractivity contribution in [3.63, 3.8) is 0 Å². The molecule has 0 spiro atoms. The summed E-state index contributed by atoms with van der Waals surface area (Å²) in [5.74, 6) is 0.971.